The third kappa shape index (κ3) is 2.63. The lowest BCUT2D eigenvalue weighted by molar-refractivity contribution is 0.0122. The van der Waals surface area contributed by atoms with Crippen molar-refractivity contribution >= 4 is 6.03 Å². The molecular weight excluding hydrogens is 257 g/mol. The molecule has 0 N–H and O–H groups in total. The molecule has 108 valence electrons. The van der Waals surface area contributed by atoms with E-state index in [4.69, 9.17) is 0 Å². The zero-order valence-corrected chi connectivity index (χ0v) is 11.6. The van der Waals surface area contributed by atoms with Gasteiger partial charge in [-0.25, -0.2) is 14.2 Å². The van der Waals surface area contributed by atoms with E-state index in [2.05, 4.69) is 5.01 Å². The van der Waals surface area contributed by atoms with Gasteiger partial charge in [-0.15, -0.1) is 0 Å². The van der Waals surface area contributed by atoms with Gasteiger partial charge in [0.15, 0.2) is 0 Å². The van der Waals surface area contributed by atoms with E-state index < -0.39 is 0 Å². The summed E-state index contributed by atoms with van der Waals surface area (Å²) in [5.74, 6) is -0.239. The highest BCUT2D eigenvalue weighted by Crippen LogP contribution is 2.19. The Kier molecular flexibility index (Phi) is 3.87. The van der Waals surface area contributed by atoms with Gasteiger partial charge in [0.2, 0.25) is 0 Å². The number of benzene rings is 1. The van der Waals surface area contributed by atoms with E-state index in [0.29, 0.717) is 25.2 Å². The Bertz CT molecular complexity index is 488. The maximum absolute atomic E-state index is 13.7. The summed E-state index contributed by atoms with van der Waals surface area (Å²) in [4.78, 5) is 14.1. The summed E-state index contributed by atoms with van der Waals surface area (Å²) < 4.78 is 13.7. The number of piperidine rings is 1. The van der Waals surface area contributed by atoms with Crippen molar-refractivity contribution in [2.45, 2.75) is 25.8 Å². The largest absolute Gasteiger partial charge is 0.334 e. The van der Waals surface area contributed by atoms with Crippen molar-refractivity contribution in [3.63, 3.8) is 0 Å². The average Bonchev–Trinajstić information content (AvgIpc) is 2.84. The van der Waals surface area contributed by atoms with Crippen LogP contribution in [0.5, 0.6) is 0 Å². The molecule has 0 radical (unpaired) electrons. The van der Waals surface area contributed by atoms with Crippen molar-refractivity contribution in [3.05, 3.63) is 35.6 Å². The summed E-state index contributed by atoms with van der Waals surface area (Å²) in [6.07, 6.45) is 3.55. The lowest BCUT2D eigenvalue weighted by Gasteiger charge is -2.34. The monoisotopic (exact) mass is 277 g/mol. The van der Waals surface area contributed by atoms with Crippen molar-refractivity contribution in [1.82, 2.24) is 14.9 Å². The standard InChI is InChI=1S/C15H20FN3O/c16-14-7-3-2-6-13(14)12-17-10-11-19(15(17)20)18-8-4-1-5-9-18/h2-3,6-7H,1,4-5,8-12H2. The number of halogens is 1. The number of nitrogens with zero attached hydrogens (tertiary/aromatic N) is 3. The van der Waals surface area contributed by atoms with E-state index >= 15 is 0 Å². The van der Waals surface area contributed by atoms with E-state index in [-0.39, 0.29) is 11.8 Å². The van der Waals surface area contributed by atoms with E-state index in [1.165, 1.54) is 12.5 Å². The molecule has 0 aliphatic carbocycles. The molecule has 2 aliphatic rings. The molecule has 0 bridgehead atoms. The van der Waals surface area contributed by atoms with Crippen LogP contribution in [-0.4, -0.2) is 47.1 Å². The second-order valence-electron chi connectivity index (χ2n) is 5.43. The second kappa shape index (κ2) is 5.79. The van der Waals surface area contributed by atoms with Gasteiger partial charge in [0, 0.05) is 25.2 Å². The number of urea groups is 1. The maximum atomic E-state index is 13.7. The number of hydrazine groups is 1. The van der Waals surface area contributed by atoms with Crippen LogP contribution in [0.2, 0.25) is 0 Å². The van der Waals surface area contributed by atoms with Gasteiger partial charge in [0.25, 0.3) is 0 Å². The molecule has 2 fully saturated rings. The summed E-state index contributed by atoms with van der Waals surface area (Å²) >= 11 is 0. The predicted molar refractivity (Wildman–Crippen MR) is 74.3 cm³/mol. The Labute approximate surface area is 118 Å². The minimum Gasteiger partial charge on any atom is -0.317 e. The second-order valence-corrected chi connectivity index (χ2v) is 5.43. The van der Waals surface area contributed by atoms with Gasteiger partial charge in [-0.1, -0.05) is 24.6 Å². The third-order valence-electron chi connectivity index (χ3n) is 4.07. The highest BCUT2D eigenvalue weighted by Gasteiger charge is 2.33. The lowest BCUT2D eigenvalue weighted by Crippen LogP contribution is -2.47. The summed E-state index contributed by atoms with van der Waals surface area (Å²) in [7, 11) is 0. The number of amides is 2. The van der Waals surface area contributed by atoms with Crippen molar-refractivity contribution in [2.75, 3.05) is 26.2 Å². The van der Waals surface area contributed by atoms with Gasteiger partial charge in [-0.3, -0.25) is 5.01 Å². The molecule has 2 amide bonds. The van der Waals surface area contributed by atoms with Crippen LogP contribution in [0.25, 0.3) is 0 Å². The van der Waals surface area contributed by atoms with Gasteiger partial charge in [-0.2, -0.15) is 0 Å². The molecule has 1 aromatic carbocycles. The fraction of sp³-hybridized carbons (Fsp3) is 0.533. The van der Waals surface area contributed by atoms with Crippen molar-refractivity contribution in [2.24, 2.45) is 0 Å². The van der Waals surface area contributed by atoms with Gasteiger partial charge in [0.1, 0.15) is 5.82 Å². The Morgan fingerprint density at radius 3 is 2.50 bits per heavy atom. The predicted octanol–water partition coefficient (Wildman–Crippen LogP) is 2.46. The SMILES string of the molecule is O=C1N(Cc2ccccc2F)CCN1N1CCCCC1. The van der Waals surface area contributed by atoms with Gasteiger partial charge in [0.05, 0.1) is 13.1 Å². The van der Waals surface area contributed by atoms with Gasteiger partial charge >= 0.3 is 6.03 Å². The minimum absolute atomic E-state index is 0.00940. The maximum Gasteiger partial charge on any atom is 0.334 e. The quantitative estimate of drug-likeness (QED) is 0.848. The molecular formula is C15H20FN3O. The number of carbonyl (C=O) groups is 1. The zero-order chi connectivity index (χ0) is 13.9. The van der Waals surface area contributed by atoms with E-state index in [1.54, 1.807) is 23.1 Å². The molecule has 3 rings (SSSR count). The van der Waals surface area contributed by atoms with Crippen LogP contribution in [0.3, 0.4) is 0 Å². The summed E-state index contributed by atoms with van der Waals surface area (Å²) in [5, 5.41) is 3.98. The minimum atomic E-state index is -0.239. The van der Waals surface area contributed by atoms with E-state index in [1.807, 2.05) is 5.01 Å². The van der Waals surface area contributed by atoms with Crippen LogP contribution in [0.4, 0.5) is 9.18 Å². The highest BCUT2D eigenvalue weighted by atomic mass is 19.1. The third-order valence-corrected chi connectivity index (χ3v) is 4.07. The topological polar surface area (TPSA) is 26.8 Å². The average molecular weight is 277 g/mol. The molecule has 0 unspecified atom stereocenters. The molecule has 0 spiro atoms. The van der Waals surface area contributed by atoms with Crippen molar-refractivity contribution in [3.8, 4) is 0 Å². The molecule has 0 atom stereocenters. The molecule has 0 saturated carbocycles. The van der Waals surface area contributed by atoms with Crippen molar-refractivity contribution < 1.29 is 9.18 Å². The fourth-order valence-corrected chi connectivity index (χ4v) is 2.93. The van der Waals surface area contributed by atoms with Crippen LogP contribution in [0.15, 0.2) is 24.3 Å². The van der Waals surface area contributed by atoms with Crippen molar-refractivity contribution in [1.29, 1.82) is 0 Å². The van der Waals surface area contributed by atoms with Gasteiger partial charge in [-0.05, 0) is 18.9 Å². The normalized spacial score (nSPS) is 20.8. The first-order valence-corrected chi connectivity index (χ1v) is 7.30. The Balaban J connectivity index is 1.65. The van der Waals surface area contributed by atoms with Gasteiger partial charge < -0.3 is 4.90 Å². The van der Waals surface area contributed by atoms with Crippen LogP contribution < -0.4 is 0 Å². The molecule has 1 aromatic rings. The van der Waals surface area contributed by atoms with E-state index in [9.17, 15) is 9.18 Å². The smallest absolute Gasteiger partial charge is 0.317 e. The van der Waals surface area contributed by atoms with Crippen LogP contribution in [0, 0.1) is 5.82 Å². The molecule has 20 heavy (non-hydrogen) atoms. The Morgan fingerprint density at radius 1 is 1.00 bits per heavy atom. The first-order chi connectivity index (χ1) is 9.75. The number of hydrogen-bond donors (Lipinski definition) is 0. The summed E-state index contributed by atoms with van der Waals surface area (Å²) in [6.45, 7) is 3.66. The van der Waals surface area contributed by atoms with Crippen LogP contribution in [0.1, 0.15) is 24.8 Å². The molecule has 0 aromatic heterocycles. The highest BCUT2D eigenvalue weighted by molar-refractivity contribution is 5.76. The summed E-state index contributed by atoms with van der Waals surface area (Å²) in [6, 6.07) is 6.67. The van der Waals surface area contributed by atoms with E-state index in [0.717, 1.165) is 25.9 Å². The molecule has 4 nitrogen and oxygen atoms in total. The zero-order valence-electron chi connectivity index (χ0n) is 11.6. The first-order valence-electron chi connectivity index (χ1n) is 7.30. The molecule has 2 heterocycles. The number of rotatable bonds is 3. The van der Waals surface area contributed by atoms with Crippen LogP contribution in [-0.2, 0) is 6.54 Å². The molecule has 2 aliphatic heterocycles. The molecule has 2 saturated heterocycles. The first kappa shape index (κ1) is 13.4. The lowest BCUT2D eigenvalue weighted by atomic mass is 10.2. The fourth-order valence-electron chi connectivity index (χ4n) is 2.93. The number of carbonyl (C=O) groups excluding carboxylic acids is 1. The Morgan fingerprint density at radius 2 is 1.75 bits per heavy atom. The number of hydrogen-bond acceptors (Lipinski definition) is 2. The summed E-state index contributed by atoms with van der Waals surface area (Å²) in [5.41, 5.74) is 0.585. The van der Waals surface area contributed by atoms with Crippen LogP contribution >= 0.6 is 0 Å². The molecule has 5 heteroatoms. The Hall–Kier alpha value is -1.62.